The topological polar surface area (TPSA) is 58.4 Å². The molecule has 3 unspecified atom stereocenters. The zero-order chi connectivity index (χ0) is 14.3. The minimum atomic E-state index is 0.132. The van der Waals surface area contributed by atoms with Crippen molar-refractivity contribution in [1.82, 2.24) is 10.2 Å². The van der Waals surface area contributed by atoms with Crippen molar-refractivity contribution >= 4 is 5.91 Å². The van der Waals surface area contributed by atoms with Crippen molar-refractivity contribution in [1.29, 1.82) is 0 Å². The Kier molecular flexibility index (Phi) is 7.39. The van der Waals surface area contributed by atoms with E-state index in [1.165, 1.54) is 25.7 Å². The molecule has 0 saturated heterocycles. The van der Waals surface area contributed by atoms with Gasteiger partial charge < -0.3 is 11.1 Å². The fourth-order valence-electron chi connectivity index (χ4n) is 3.12. The molecule has 0 aliphatic heterocycles. The first-order valence-corrected chi connectivity index (χ1v) is 7.78. The van der Waals surface area contributed by atoms with Gasteiger partial charge in [0.1, 0.15) is 0 Å². The first kappa shape index (κ1) is 16.4. The van der Waals surface area contributed by atoms with E-state index >= 15 is 0 Å². The molecule has 1 aliphatic carbocycles. The summed E-state index contributed by atoms with van der Waals surface area (Å²) in [6, 6.07) is 0.753. The third-order valence-electron chi connectivity index (χ3n) is 4.43. The fraction of sp³-hybridized carbons (Fsp3) is 0.933. The van der Waals surface area contributed by atoms with Gasteiger partial charge in [0, 0.05) is 31.6 Å². The molecule has 1 saturated carbocycles. The molecule has 0 spiro atoms. The number of carbonyl (C=O) groups is 1. The van der Waals surface area contributed by atoms with Crippen LogP contribution in [0.25, 0.3) is 0 Å². The van der Waals surface area contributed by atoms with Crippen LogP contribution in [0.2, 0.25) is 0 Å². The highest BCUT2D eigenvalue weighted by Gasteiger charge is 2.29. The van der Waals surface area contributed by atoms with Crippen LogP contribution in [0.4, 0.5) is 0 Å². The molecule has 1 fully saturated rings. The maximum atomic E-state index is 11.8. The van der Waals surface area contributed by atoms with Crippen molar-refractivity contribution in [2.45, 2.75) is 64.5 Å². The second kappa shape index (κ2) is 8.54. The van der Waals surface area contributed by atoms with Crippen LogP contribution in [0, 0.1) is 5.92 Å². The summed E-state index contributed by atoms with van der Waals surface area (Å²) < 4.78 is 0. The number of nitrogens with one attached hydrogen (secondary N) is 1. The van der Waals surface area contributed by atoms with Gasteiger partial charge in [-0.2, -0.15) is 0 Å². The largest absolute Gasteiger partial charge is 0.356 e. The average molecular weight is 269 g/mol. The van der Waals surface area contributed by atoms with Crippen LogP contribution < -0.4 is 11.1 Å². The molecule has 0 bridgehead atoms. The first-order chi connectivity index (χ1) is 9.10. The standard InChI is InChI=1S/C15H31N3O/c1-4-9-17-15(19)10-13(11-16)18(3)14-8-6-5-7-12(14)2/h12-14H,4-11,16H2,1-3H3,(H,17,19). The molecule has 0 heterocycles. The smallest absolute Gasteiger partial charge is 0.221 e. The molecule has 3 atom stereocenters. The minimum absolute atomic E-state index is 0.132. The monoisotopic (exact) mass is 269 g/mol. The lowest BCUT2D eigenvalue weighted by molar-refractivity contribution is -0.122. The molecule has 19 heavy (non-hydrogen) atoms. The Hall–Kier alpha value is -0.610. The summed E-state index contributed by atoms with van der Waals surface area (Å²) in [6.45, 7) is 5.71. The Labute approximate surface area is 118 Å². The molecular formula is C15H31N3O. The summed E-state index contributed by atoms with van der Waals surface area (Å²) in [5.74, 6) is 0.846. The van der Waals surface area contributed by atoms with Gasteiger partial charge in [-0.05, 0) is 32.2 Å². The van der Waals surface area contributed by atoms with Crippen molar-refractivity contribution in [3.05, 3.63) is 0 Å². The highest BCUT2D eigenvalue weighted by Crippen LogP contribution is 2.28. The Bertz CT molecular complexity index is 270. The SMILES string of the molecule is CCCNC(=O)CC(CN)N(C)C1CCCCC1C. The van der Waals surface area contributed by atoms with E-state index in [0.29, 0.717) is 24.9 Å². The number of likely N-dealkylation sites (N-methyl/N-ethyl adjacent to an activating group) is 1. The lowest BCUT2D eigenvalue weighted by Gasteiger charge is -2.40. The van der Waals surface area contributed by atoms with Crippen molar-refractivity contribution < 1.29 is 4.79 Å². The second-order valence-corrected chi connectivity index (χ2v) is 5.94. The van der Waals surface area contributed by atoms with Crippen molar-refractivity contribution in [3.8, 4) is 0 Å². The Morgan fingerprint density at radius 1 is 1.42 bits per heavy atom. The highest BCUT2D eigenvalue weighted by atomic mass is 16.1. The van der Waals surface area contributed by atoms with Gasteiger partial charge in [-0.1, -0.05) is 26.7 Å². The van der Waals surface area contributed by atoms with Gasteiger partial charge in [-0.3, -0.25) is 9.69 Å². The van der Waals surface area contributed by atoms with Crippen LogP contribution in [0.3, 0.4) is 0 Å². The Morgan fingerprint density at radius 2 is 2.11 bits per heavy atom. The first-order valence-electron chi connectivity index (χ1n) is 7.78. The van der Waals surface area contributed by atoms with E-state index in [1.54, 1.807) is 0 Å². The summed E-state index contributed by atoms with van der Waals surface area (Å²) >= 11 is 0. The number of amides is 1. The van der Waals surface area contributed by atoms with Crippen LogP contribution >= 0.6 is 0 Å². The molecule has 1 rings (SSSR count). The van der Waals surface area contributed by atoms with Crippen LogP contribution in [-0.4, -0.2) is 43.0 Å². The maximum absolute atomic E-state index is 11.8. The number of carbonyl (C=O) groups excluding carboxylic acids is 1. The average Bonchev–Trinajstić information content (AvgIpc) is 2.42. The van der Waals surface area contributed by atoms with E-state index in [2.05, 4.69) is 31.1 Å². The quantitative estimate of drug-likeness (QED) is 0.740. The number of rotatable bonds is 7. The van der Waals surface area contributed by atoms with E-state index < -0.39 is 0 Å². The lowest BCUT2D eigenvalue weighted by atomic mass is 9.84. The summed E-state index contributed by atoms with van der Waals surface area (Å²) in [7, 11) is 2.14. The van der Waals surface area contributed by atoms with Crippen LogP contribution in [0.1, 0.15) is 52.4 Å². The van der Waals surface area contributed by atoms with Crippen LogP contribution in [0.5, 0.6) is 0 Å². The van der Waals surface area contributed by atoms with Crippen molar-refractivity contribution in [2.75, 3.05) is 20.1 Å². The highest BCUT2D eigenvalue weighted by molar-refractivity contribution is 5.76. The molecule has 4 heteroatoms. The zero-order valence-corrected chi connectivity index (χ0v) is 12.8. The lowest BCUT2D eigenvalue weighted by Crippen LogP contribution is -2.49. The van der Waals surface area contributed by atoms with E-state index in [-0.39, 0.29) is 11.9 Å². The van der Waals surface area contributed by atoms with Crippen molar-refractivity contribution in [2.24, 2.45) is 11.7 Å². The third kappa shape index (κ3) is 5.11. The summed E-state index contributed by atoms with van der Waals surface area (Å²) in [6.07, 6.45) is 6.69. The molecule has 112 valence electrons. The number of hydrogen-bond acceptors (Lipinski definition) is 3. The zero-order valence-electron chi connectivity index (χ0n) is 12.8. The summed E-state index contributed by atoms with van der Waals surface area (Å²) in [4.78, 5) is 14.2. The van der Waals surface area contributed by atoms with Gasteiger partial charge in [-0.15, -0.1) is 0 Å². The maximum Gasteiger partial charge on any atom is 0.221 e. The Balaban J connectivity index is 2.50. The van der Waals surface area contributed by atoms with Gasteiger partial charge in [0.05, 0.1) is 0 Å². The van der Waals surface area contributed by atoms with E-state index in [1.807, 2.05) is 0 Å². The van der Waals surface area contributed by atoms with Crippen LogP contribution in [0.15, 0.2) is 0 Å². The van der Waals surface area contributed by atoms with Gasteiger partial charge in [0.2, 0.25) is 5.91 Å². The molecular weight excluding hydrogens is 238 g/mol. The molecule has 1 amide bonds. The summed E-state index contributed by atoms with van der Waals surface area (Å²) in [5.41, 5.74) is 5.88. The molecule has 1 aliphatic rings. The summed E-state index contributed by atoms with van der Waals surface area (Å²) in [5, 5.41) is 2.94. The van der Waals surface area contributed by atoms with Crippen molar-refractivity contribution in [3.63, 3.8) is 0 Å². The third-order valence-corrected chi connectivity index (χ3v) is 4.43. The van der Waals surface area contributed by atoms with Crippen LogP contribution in [-0.2, 0) is 4.79 Å². The Morgan fingerprint density at radius 3 is 2.68 bits per heavy atom. The molecule has 0 aromatic carbocycles. The number of nitrogens with zero attached hydrogens (tertiary/aromatic N) is 1. The minimum Gasteiger partial charge on any atom is -0.356 e. The van der Waals surface area contributed by atoms with E-state index in [0.717, 1.165) is 13.0 Å². The molecule has 0 aromatic heterocycles. The molecule has 3 N–H and O–H groups in total. The number of hydrogen-bond donors (Lipinski definition) is 2. The second-order valence-electron chi connectivity index (χ2n) is 5.94. The normalized spacial score (nSPS) is 25.3. The van der Waals surface area contributed by atoms with Gasteiger partial charge >= 0.3 is 0 Å². The molecule has 4 nitrogen and oxygen atoms in total. The molecule has 0 aromatic rings. The fourth-order valence-corrected chi connectivity index (χ4v) is 3.12. The van der Waals surface area contributed by atoms with Gasteiger partial charge in [0.25, 0.3) is 0 Å². The van der Waals surface area contributed by atoms with Gasteiger partial charge in [-0.25, -0.2) is 0 Å². The van der Waals surface area contributed by atoms with Gasteiger partial charge in [0.15, 0.2) is 0 Å². The predicted octanol–water partition coefficient (Wildman–Crippen LogP) is 1.74. The molecule has 0 radical (unpaired) electrons. The van der Waals surface area contributed by atoms with E-state index in [4.69, 9.17) is 5.73 Å². The van der Waals surface area contributed by atoms with E-state index in [9.17, 15) is 4.79 Å². The predicted molar refractivity (Wildman–Crippen MR) is 79.9 cm³/mol. The number of nitrogens with two attached hydrogens (primary N) is 1.